The van der Waals surface area contributed by atoms with Crippen LogP contribution in [0.3, 0.4) is 0 Å². The van der Waals surface area contributed by atoms with E-state index in [1.165, 1.54) is 84.1 Å². The maximum Gasteiger partial charge on any atom is 1.00 e. The number of aliphatic hydroxyl groups excluding tert-OH is 1. The minimum absolute atomic E-state index is 0. The number of anilines is 3. The molecule has 0 bridgehead atoms. The quantitative estimate of drug-likeness (QED) is 0.00756. The number of nitrogens with zero attached hydrogens (tertiary/aromatic N) is 4. The number of benzene rings is 8. The predicted molar refractivity (Wildman–Crippen MR) is 416 cm³/mol. The van der Waals surface area contributed by atoms with Gasteiger partial charge in [-0.1, -0.05) is 64.1 Å². The van der Waals surface area contributed by atoms with Crippen molar-refractivity contribution in [2.45, 2.75) is 37.1 Å². The number of phenolic OH excluding ortho intramolecular Hbond substituents is 1. The number of nitro groups is 2. The van der Waals surface area contributed by atoms with E-state index in [-0.39, 0.29) is 125 Å². The normalized spacial score (nSPS) is 11.4. The van der Waals surface area contributed by atoms with Gasteiger partial charge < -0.3 is 71.9 Å². The summed E-state index contributed by atoms with van der Waals surface area (Å²) in [6.45, 7) is 0. The van der Waals surface area contributed by atoms with Gasteiger partial charge in [0.1, 0.15) is 51.0 Å². The Hall–Kier alpha value is -11.2. The molecule has 12 N–H and O–H groups in total. The van der Waals surface area contributed by atoms with E-state index in [1.807, 2.05) is 11.2 Å². The van der Waals surface area contributed by atoms with Crippen LogP contribution in [0, 0.1) is 20.2 Å². The van der Waals surface area contributed by atoms with Gasteiger partial charge in [-0.25, -0.2) is 4.99 Å². The van der Waals surface area contributed by atoms with Crippen LogP contribution in [0.4, 0.5) is 113 Å². The molecule has 1 saturated heterocycles. The molecule has 0 aliphatic carbocycles. The zero-order chi connectivity index (χ0) is 91.1. The number of phenols is 1. The fourth-order valence-corrected chi connectivity index (χ4v) is 9.12. The minimum atomic E-state index is -4.85. The molecule has 652 valence electrons. The van der Waals surface area contributed by atoms with Crippen molar-refractivity contribution in [3.8, 4) is 34.5 Å². The van der Waals surface area contributed by atoms with Crippen LogP contribution in [-0.4, -0.2) is 129 Å². The van der Waals surface area contributed by atoms with E-state index in [2.05, 4.69) is 81.1 Å². The third-order valence-corrected chi connectivity index (χ3v) is 14.9. The number of amides is 3. The third kappa shape index (κ3) is 40.6. The van der Waals surface area contributed by atoms with Gasteiger partial charge in [-0.3, -0.25) is 44.7 Å². The zero-order valence-electron chi connectivity index (χ0n) is 62.4. The van der Waals surface area contributed by atoms with E-state index in [0.29, 0.717) is 29.3 Å². The number of thioether (sulfide) groups is 1. The van der Waals surface area contributed by atoms with Crippen LogP contribution in [0.2, 0.25) is 0 Å². The largest absolute Gasteiger partial charge is 1.00 e. The number of carboxylic acids is 1. The molecule has 0 atom stereocenters. The number of hydrogen-bond donors (Lipinski definition) is 9. The molecule has 8 aromatic rings. The van der Waals surface area contributed by atoms with Crippen molar-refractivity contribution in [1.29, 1.82) is 0 Å². The van der Waals surface area contributed by atoms with Gasteiger partial charge in [-0.2, -0.15) is 84.0 Å². The molecule has 0 spiro atoms. The molecule has 1 aliphatic heterocycles. The maximum atomic E-state index is 13.1. The van der Waals surface area contributed by atoms with Gasteiger partial charge in [-0.15, -0.1) is 0 Å². The summed E-state index contributed by atoms with van der Waals surface area (Å²) in [7, 11) is 7.32. The molecule has 0 aromatic heterocycles. The van der Waals surface area contributed by atoms with E-state index in [9.17, 15) is 118 Å². The first-order valence-electron chi connectivity index (χ1n) is 31.2. The SMILES string of the molecule is CO.COc1ccc(N)c(C(F)(F)F)c1.COc1ccc(N=C2NC(=O)CS2)c(C(F)(F)F)c1.COc1ccc(NC(=S)NC(=O)c2ccccc2)c(C(F)(F)F)c1.COc1ccc(NC(N)=S)c(C(F)(F)F)c1.COc1ccc([N+](=O)[O-])c(C(F)(F)F)c1.O=C(N=C=S)c1ccccc1.O=C(O)CBr.O=[N+]([O-])c1ccc(O)cc1C(F)(F)F.[Na+].[OH-]. The average molecular weight is 1890 g/mol. The standard InChI is InChI=1S/C16H13F3N2O2S.C11H9F3N2O2S.C9H9F3N2OS.C8H6F3NO3.C8H8F3NO.C8H5NOS.C7H4F3NO3.C2H3BrO2.CH4O.Na.H2O/c1-23-11-7-8-13(12(9-11)16(17,18)19)20-15(24)21-14(22)10-5-3-2-4-6-10;1-18-6-2-3-8(7(4-6)11(12,13)14)15-10-16-9(17)5-19-10;1-15-5-2-3-7(14-8(13)16)6(4-5)9(10,11)12;1-15-5-2-3-7(12(13)14)6(4-5)8(9,10)11;1-13-5-2-3-7(12)6(4-5)8(9,10)11;10-8(9-6-11)7-4-2-1-3-5-7;8-7(9,10)5-3-4(12)1-2-6(5)11(13)14;3-1-2(4)5;1-2;;/h2-9H,1H3,(H2,20,21,22,24);2-4H,5H2,1H3,(H,15,16,17);2-4H,1H3,(H3,13,14,16);2-4H,1H3;2-4H,12H2,1H3;1-5H;1-3,12H;1H2,(H,4,5);2H,1H3;;1H2/q;;;;;;;;;+1;/p-1. The van der Waals surface area contributed by atoms with Crippen molar-refractivity contribution >= 4 is 143 Å². The van der Waals surface area contributed by atoms with Crippen LogP contribution >= 0.6 is 64.3 Å². The average Bonchev–Trinajstić information content (AvgIpc) is 1.12. The molecule has 9 rings (SSSR count). The Morgan fingerprint density at radius 2 is 0.901 bits per heavy atom. The second-order valence-electron chi connectivity index (χ2n) is 21.2. The molecule has 0 unspecified atom stereocenters. The molecule has 0 radical (unpaired) electrons. The van der Waals surface area contributed by atoms with E-state index >= 15 is 0 Å². The molecule has 1 aliphatic rings. The summed E-state index contributed by atoms with van der Waals surface area (Å²) in [6, 6.07) is 34.9. The number of nitrogens with two attached hydrogens (primary N) is 2. The first-order chi connectivity index (χ1) is 55.3. The molecule has 27 nitrogen and oxygen atoms in total. The maximum absolute atomic E-state index is 13.1. The van der Waals surface area contributed by atoms with E-state index in [0.717, 1.165) is 61.3 Å². The van der Waals surface area contributed by atoms with Gasteiger partial charge in [-0.05, 0) is 158 Å². The number of carbonyl (C=O) groups is 4. The number of hydrogen-bond acceptors (Lipinski definition) is 22. The number of methoxy groups -OCH3 is 5. The second-order valence-corrected chi connectivity index (χ2v) is 23.7. The van der Waals surface area contributed by atoms with Crippen molar-refractivity contribution in [3.05, 3.63) is 235 Å². The molecule has 8 aromatic carbocycles. The van der Waals surface area contributed by atoms with E-state index in [4.69, 9.17) is 53.2 Å². The van der Waals surface area contributed by atoms with E-state index < -0.39 is 109 Å². The number of carbonyl (C=O) groups excluding carboxylic acids is 3. The molecule has 1 fully saturated rings. The number of rotatable bonds is 13. The number of nitro benzene ring substituents is 2. The van der Waals surface area contributed by atoms with Crippen LogP contribution in [0.25, 0.3) is 0 Å². The van der Waals surface area contributed by atoms with Gasteiger partial charge >= 0.3 is 72.6 Å². The monoisotopic (exact) mass is 1890 g/mol. The summed E-state index contributed by atoms with van der Waals surface area (Å²) in [4.78, 5) is 68.6. The van der Waals surface area contributed by atoms with Crippen molar-refractivity contribution in [2.75, 3.05) is 70.1 Å². The number of carboxylic acid groups (broad SMARTS) is 1. The van der Waals surface area contributed by atoms with Crippen molar-refractivity contribution in [1.82, 2.24) is 10.6 Å². The molecular formula is C70H62BrF18N10NaO17S4. The summed E-state index contributed by atoms with van der Waals surface area (Å²) in [6.07, 6.45) is -27.7. The van der Waals surface area contributed by atoms with Crippen LogP contribution in [-0.2, 0) is 46.6 Å². The van der Waals surface area contributed by atoms with Gasteiger partial charge in [0.05, 0.1) is 95.6 Å². The van der Waals surface area contributed by atoms with Crippen LogP contribution in [0.1, 0.15) is 54.1 Å². The fourth-order valence-electron chi connectivity index (χ4n) is 8.03. The molecule has 0 saturated carbocycles. The van der Waals surface area contributed by atoms with Gasteiger partial charge in [0.15, 0.2) is 15.4 Å². The third-order valence-electron chi connectivity index (χ3n) is 13.2. The summed E-state index contributed by atoms with van der Waals surface area (Å²) < 4.78 is 250. The van der Waals surface area contributed by atoms with Crippen molar-refractivity contribution < 1.29 is 182 Å². The summed E-state index contributed by atoms with van der Waals surface area (Å²) in [5.74, 6) is -2.13. The van der Waals surface area contributed by atoms with Crippen molar-refractivity contribution in [3.63, 3.8) is 0 Å². The number of amidine groups is 1. The number of alkyl halides is 19. The Balaban J connectivity index is 0. The first kappa shape index (κ1) is 112. The van der Waals surface area contributed by atoms with Crippen LogP contribution in [0.5, 0.6) is 34.5 Å². The fraction of sp³-hybridized carbons (Fsp3) is 0.200. The zero-order valence-corrected chi connectivity index (χ0v) is 69.3. The molecule has 3 amide bonds. The predicted octanol–water partition coefficient (Wildman–Crippen LogP) is 14.8. The molecule has 51 heteroatoms. The van der Waals surface area contributed by atoms with Gasteiger partial charge in [0.25, 0.3) is 23.2 Å². The van der Waals surface area contributed by atoms with E-state index in [1.54, 1.807) is 54.6 Å². The Labute approximate surface area is 722 Å². The van der Waals surface area contributed by atoms with Crippen LogP contribution < -0.4 is 86.0 Å². The van der Waals surface area contributed by atoms with Gasteiger partial charge in [0, 0.05) is 36.1 Å². The number of aliphatic hydroxyl groups is 1. The smallest absolute Gasteiger partial charge is 0.870 e. The Kier molecular flexibility index (Phi) is 48.7. The number of aliphatic imine (C=N–C) groups is 2. The van der Waals surface area contributed by atoms with Gasteiger partial charge in [0.2, 0.25) is 5.91 Å². The second kappa shape index (κ2) is 52.7. The topological polar surface area (TPSA) is 416 Å². The summed E-state index contributed by atoms with van der Waals surface area (Å²) in [5, 5.41) is 55.1. The number of halogens is 19. The number of nitrogens with one attached hydrogen (secondary N) is 4. The minimum Gasteiger partial charge on any atom is -0.870 e. The van der Waals surface area contributed by atoms with Crippen molar-refractivity contribution in [2.24, 2.45) is 15.7 Å². The Bertz CT molecular complexity index is 4850. The number of ether oxygens (including phenoxy) is 5. The first-order valence-corrected chi connectivity index (χ1v) is 34.5. The summed E-state index contributed by atoms with van der Waals surface area (Å²) in [5.41, 5.74) is 1.72. The molecule has 1 heterocycles. The Morgan fingerprint density at radius 1 is 0.554 bits per heavy atom. The summed E-state index contributed by atoms with van der Waals surface area (Å²) >= 11 is 17.5. The number of thiocarbonyl (C=S) groups is 3. The molecule has 121 heavy (non-hydrogen) atoms. The number of aliphatic carboxylic acids is 1. The Morgan fingerprint density at radius 3 is 1.26 bits per heavy atom. The van der Waals surface area contributed by atoms with Crippen LogP contribution in [0.15, 0.2) is 180 Å². The number of nitrogen functional groups attached to an aromatic ring is 1. The number of isothiocyanates is 1. The number of aromatic hydroxyl groups is 1. The molecular weight excluding hydrogens is 1830 g/mol.